The number of ether oxygens (including phenoxy) is 1. The number of nitrogens with two attached hydrogens (primary N) is 1. The minimum Gasteiger partial charge on any atom is -0.444 e. The third kappa shape index (κ3) is 4.07. The van der Waals surface area contributed by atoms with E-state index >= 15 is 0 Å². The van der Waals surface area contributed by atoms with Crippen LogP contribution >= 0.6 is 0 Å². The largest absolute Gasteiger partial charge is 0.444 e. The van der Waals surface area contributed by atoms with Crippen LogP contribution in [0.3, 0.4) is 0 Å². The minimum atomic E-state index is -0.472. The van der Waals surface area contributed by atoms with E-state index in [-0.39, 0.29) is 12.0 Å². The fraction of sp³-hybridized carbons (Fsp3) is 0.625. The third-order valence-electron chi connectivity index (χ3n) is 6.71. The lowest BCUT2D eigenvalue weighted by molar-refractivity contribution is 0.00821. The van der Waals surface area contributed by atoms with E-state index in [0.717, 1.165) is 25.1 Å². The van der Waals surface area contributed by atoms with Gasteiger partial charge in [0, 0.05) is 42.9 Å². The van der Waals surface area contributed by atoms with Crippen molar-refractivity contribution >= 4 is 6.09 Å². The summed E-state index contributed by atoms with van der Waals surface area (Å²) in [6, 6.07) is 4.60. The SMILES string of the molecule is CC(C)(C)OC(=O)N1CC(c2cccnc2-c2cn([C@H]3C[C@H](CN)C3)nc2C2CC2)C1. The summed E-state index contributed by atoms with van der Waals surface area (Å²) < 4.78 is 7.68. The Labute approximate surface area is 184 Å². The summed E-state index contributed by atoms with van der Waals surface area (Å²) in [6.07, 6.45) is 8.48. The van der Waals surface area contributed by atoms with Crippen molar-refractivity contribution in [2.24, 2.45) is 11.7 Å². The van der Waals surface area contributed by atoms with Crippen LogP contribution < -0.4 is 5.73 Å². The van der Waals surface area contributed by atoms with Gasteiger partial charge < -0.3 is 15.4 Å². The molecule has 0 bridgehead atoms. The number of nitrogens with zero attached hydrogens (tertiary/aromatic N) is 4. The van der Waals surface area contributed by atoms with Gasteiger partial charge in [-0.2, -0.15) is 5.10 Å². The summed E-state index contributed by atoms with van der Waals surface area (Å²) in [7, 11) is 0. The molecule has 0 spiro atoms. The molecule has 2 aromatic heterocycles. The maximum absolute atomic E-state index is 12.4. The summed E-state index contributed by atoms with van der Waals surface area (Å²) in [6.45, 7) is 7.80. The molecule has 7 heteroatoms. The summed E-state index contributed by atoms with van der Waals surface area (Å²) in [4.78, 5) is 18.9. The second kappa shape index (κ2) is 7.62. The van der Waals surface area contributed by atoms with E-state index in [1.165, 1.54) is 29.7 Å². The topological polar surface area (TPSA) is 86.3 Å². The molecule has 3 heterocycles. The molecule has 3 aliphatic rings. The average Bonchev–Trinajstić information content (AvgIpc) is 3.38. The molecule has 2 aliphatic carbocycles. The fourth-order valence-electron chi connectivity index (χ4n) is 4.67. The molecule has 3 fully saturated rings. The van der Waals surface area contributed by atoms with Gasteiger partial charge in [0.05, 0.1) is 17.4 Å². The molecule has 31 heavy (non-hydrogen) atoms. The van der Waals surface area contributed by atoms with Gasteiger partial charge in [0.15, 0.2) is 0 Å². The monoisotopic (exact) mass is 423 g/mol. The van der Waals surface area contributed by atoms with Gasteiger partial charge in [-0.15, -0.1) is 0 Å². The first kappa shape index (κ1) is 20.5. The van der Waals surface area contributed by atoms with Crippen LogP contribution in [0.5, 0.6) is 0 Å². The molecule has 2 aromatic rings. The molecule has 166 valence electrons. The molecule has 0 unspecified atom stereocenters. The third-order valence-corrected chi connectivity index (χ3v) is 6.71. The van der Waals surface area contributed by atoms with Crippen molar-refractivity contribution in [3.63, 3.8) is 0 Å². The summed E-state index contributed by atoms with van der Waals surface area (Å²) >= 11 is 0. The maximum atomic E-state index is 12.4. The number of hydrogen-bond donors (Lipinski definition) is 1. The number of hydrogen-bond acceptors (Lipinski definition) is 5. The molecular weight excluding hydrogens is 390 g/mol. The van der Waals surface area contributed by atoms with Crippen LogP contribution in [0.25, 0.3) is 11.3 Å². The Morgan fingerprint density at radius 2 is 1.97 bits per heavy atom. The Bertz CT molecular complexity index is 963. The van der Waals surface area contributed by atoms with Crippen LogP contribution in [0.2, 0.25) is 0 Å². The molecule has 7 nitrogen and oxygen atoms in total. The number of aromatic nitrogens is 3. The minimum absolute atomic E-state index is 0.236. The van der Waals surface area contributed by atoms with Crippen LogP contribution in [-0.2, 0) is 4.74 Å². The number of rotatable bonds is 5. The smallest absolute Gasteiger partial charge is 0.410 e. The predicted molar refractivity (Wildman–Crippen MR) is 119 cm³/mol. The lowest BCUT2D eigenvalue weighted by Gasteiger charge is -2.40. The standard InChI is InChI=1S/C24H33N5O2/c1-24(2,3)31-23(30)28-12-17(13-28)19-5-4-8-26-22(19)20-14-29(18-9-15(10-18)11-25)27-21(20)16-6-7-16/h4-5,8,14-18H,6-7,9-13,25H2,1-3H3/t15-,18-. The van der Waals surface area contributed by atoms with Crippen molar-refractivity contribution in [1.29, 1.82) is 0 Å². The number of amides is 1. The van der Waals surface area contributed by atoms with Crippen molar-refractivity contribution in [1.82, 2.24) is 19.7 Å². The van der Waals surface area contributed by atoms with Crippen LogP contribution in [0.4, 0.5) is 4.79 Å². The first-order valence-corrected chi connectivity index (χ1v) is 11.5. The molecule has 0 atom stereocenters. The Morgan fingerprint density at radius 3 is 2.61 bits per heavy atom. The van der Waals surface area contributed by atoms with Crippen molar-refractivity contribution in [3.8, 4) is 11.3 Å². The van der Waals surface area contributed by atoms with E-state index < -0.39 is 5.60 Å². The lowest BCUT2D eigenvalue weighted by atomic mass is 9.80. The van der Waals surface area contributed by atoms with Gasteiger partial charge >= 0.3 is 6.09 Å². The summed E-state index contributed by atoms with van der Waals surface area (Å²) in [5.74, 6) is 1.45. The van der Waals surface area contributed by atoms with Gasteiger partial charge in [-0.05, 0) is 70.5 Å². The molecule has 2 saturated carbocycles. The number of carbonyl (C=O) groups excluding carboxylic acids is 1. The Morgan fingerprint density at radius 1 is 1.23 bits per heavy atom. The average molecular weight is 424 g/mol. The van der Waals surface area contributed by atoms with E-state index in [2.05, 4.69) is 16.9 Å². The molecule has 0 aromatic carbocycles. The second-order valence-electron chi connectivity index (χ2n) is 10.4. The highest BCUT2D eigenvalue weighted by atomic mass is 16.6. The highest BCUT2D eigenvalue weighted by Gasteiger charge is 2.38. The number of pyridine rings is 1. The highest BCUT2D eigenvalue weighted by molar-refractivity contribution is 5.71. The zero-order valence-corrected chi connectivity index (χ0v) is 18.8. The van der Waals surface area contributed by atoms with Gasteiger partial charge in [-0.25, -0.2) is 4.79 Å². The quantitative estimate of drug-likeness (QED) is 0.783. The first-order valence-electron chi connectivity index (χ1n) is 11.5. The van der Waals surface area contributed by atoms with E-state index in [1.54, 1.807) is 4.90 Å². The van der Waals surface area contributed by atoms with Gasteiger partial charge in [-0.1, -0.05) is 6.07 Å². The summed E-state index contributed by atoms with van der Waals surface area (Å²) in [5, 5.41) is 5.02. The summed E-state index contributed by atoms with van der Waals surface area (Å²) in [5.41, 5.74) is 9.95. The van der Waals surface area contributed by atoms with Crippen LogP contribution in [0, 0.1) is 5.92 Å². The molecule has 1 amide bonds. The lowest BCUT2D eigenvalue weighted by Crippen LogP contribution is -2.50. The van der Waals surface area contributed by atoms with Crippen LogP contribution in [-0.4, -0.2) is 51.0 Å². The van der Waals surface area contributed by atoms with Crippen molar-refractivity contribution in [3.05, 3.63) is 35.8 Å². The van der Waals surface area contributed by atoms with Gasteiger partial charge in [-0.3, -0.25) is 9.67 Å². The van der Waals surface area contributed by atoms with Crippen molar-refractivity contribution in [2.75, 3.05) is 19.6 Å². The zero-order valence-electron chi connectivity index (χ0n) is 18.8. The molecule has 2 N–H and O–H groups in total. The predicted octanol–water partition coefficient (Wildman–Crippen LogP) is 4.07. The van der Waals surface area contributed by atoms with Gasteiger partial charge in [0.25, 0.3) is 0 Å². The highest BCUT2D eigenvalue weighted by Crippen LogP contribution is 2.46. The first-order chi connectivity index (χ1) is 14.8. The molecule has 5 rings (SSSR count). The fourth-order valence-corrected chi connectivity index (χ4v) is 4.67. The van der Waals surface area contributed by atoms with Crippen molar-refractivity contribution < 1.29 is 9.53 Å². The Balaban J connectivity index is 1.37. The Hall–Kier alpha value is -2.41. The molecule has 1 aliphatic heterocycles. The molecule has 0 radical (unpaired) electrons. The second-order valence-corrected chi connectivity index (χ2v) is 10.4. The van der Waals surface area contributed by atoms with E-state index in [9.17, 15) is 4.79 Å². The van der Waals surface area contributed by atoms with Crippen molar-refractivity contribution in [2.45, 2.75) is 69.9 Å². The number of carbonyl (C=O) groups is 1. The van der Waals surface area contributed by atoms with E-state index in [1.807, 2.05) is 33.0 Å². The maximum Gasteiger partial charge on any atom is 0.410 e. The van der Waals surface area contributed by atoms with E-state index in [4.69, 9.17) is 20.6 Å². The molecular formula is C24H33N5O2. The van der Waals surface area contributed by atoms with Gasteiger partial charge in [0.2, 0.25) is 0 Å². The van der Waals surface area contributed by atoms with Crippen LogP contribution in [0.1, 0.15) is 75.6 Å². The number of likely N-dealkylation sites (tertiary alicyclic amines) is 1. The normalized spacial score (nSPS) is 23.9. The van der Waals surface area contributed by atoms with Crippen LogP contribution in [0.15, 0.2) is 24.5 Å². The Kier molecular flexibility index (Phi) is 5.04. The zero-order chi connectivity index (χ0) is 21.8. The molecule has 1 saturated heterocycles. The van der Waals surface area contributed by atoms with Gasteiger partial charge in [0.1, 0.15) is 5.60 Å². The van der Waals surface area contributed by atoms with E-state index in [0.29, 0.717) is 31.0 Å².